The predicted molar refractivity (Wildman–Crippen MR) is 106 cm³/mol. The first-order valence-corrected chi connectivity index (χ1v) is 9.22. The normalized spacial score (nSPS) is 10.8. The van der Waals surface area contributed by atoms with E-state index in [1.165, 1.54) is 27.8 Å². The van der Waals surface area contributed by atoms with Crippen molar-refractivity contribution < 1.29 is 19.5 Å². The summed E-state index contributed by atoms with van der Waals surface area (Å²) >= 11 is 0. The topological polar surface area (TPSA) is 149 Å². The third kappa shape index (κ3) is 4.37. The van der Waals surface area contributed by atoms with Gasteiger partial charge in [-0.3, -0.25) is 23.6 Å². The zero-order valence-electron chi connectivity index (χ0n) is 16.8. The number of aromatic nitrogens is 6. The largest absolute Gasteiger partial charge is 0.476 e. The lowest BCUT2D eigenvalue weighted by molar-refractivity contribution is -0.116. The third-order valence-corrected chi connectivity index (χ3v) is 4.54. The van der Waals surface area contributed by atoms with Crippen LogP contribution in [0.5, 0.6) is 0 Å². The zero-order valence-corrected chi connectivity index (χ0v) is 16.8. The van der Waals surface area contributed by atoms with Crippen molar-refractivity contribution in [2.24, 2.45) is 7.05 Å². The lowest BCUT2D eigenvalue weighted by Crippen LogP contribution is -2.21. The van der Waals surface area contributed by atoms with Crippen molar-refractivity contribution in [1.29, 1.82) is 0 Å². The smallest absolute Gasteiger partial charge is 0.356 e. The summed E-state index contributed by atoms with van der Waals surface area (Å²) in [6.45, 7) is 4.29. The Kier molecular flexibility index (Phi) is 5.95. The van der Waals surface area contributed by atoms with E-state index >= 15 is 0 Å². The SMILES string of the molecule is CCn1ncc(NC(=O)CCn2ccc(C(=O)O)n2)c1C(=O)Nc1cnn(C)c1C. The van der Waals surface area contributed by atoms with Gasteiger partial charge in [-0.1, -0.05) is 0 Å². The molecular weight excluding hydrogens is 392 g/mol. The molecule has 0 aliphatic heterocycles. The molecule has 158 valence electrons. The Hall–Kier alpha value is -3.96. The molecule has 0 aliphatic rings. The molecule has 12 heteroatoms. The van der Waals surface area contributed by atoms with Gasteiger partial charge in [0, 0.05) is 32.8 Å². The van der Waals surface area contributed by atoms with Gasteiger partial charge in [0.25, 0.3) is 5.91 Å². The number of aryl methyl sites for hydroxylation is 3. The maximum Gasteiger partial charge on any atom is 0.356 e. The third-order valence-electron chi connectivity index (χ3n) is 4.54. The summed E-state index contributed by atoms with van der Waals surface area (Å²) in [4.78, 5) is 36.1. The Morgan fingerprint density at radius 1 is 1.13 bits per heavy atom. The lowest BCUT2D eigenvalue weighted by Gasteiger charge is -2.10. The first-order chi connectivity index (χ1) is 14.3. The van der Waals surface area contributed by atoms with Gasteiger partial charge in [0.05, 0.1) is 29.5 Å². The molecule has 30 heavy (non-hydrogen) atoms. The highest BCUT2D eigenvalue weighted by Gasteiger charge is 2.21. The van der Waals surface area contributed by atoms with Crippen LogP contribution in [0.3, 0.4) is 0 Å². The summed E-state index contributed by atoms with van der Waals surface area (Å²) in [5.41, 5.74) is 1.77. The summed E-state index contributed by atoms with van der Waals surface area (Å²) in [5.74, 6) is -1.91. The number of hydrogen-bond acceptors (Lipinski definition) is 6. The molecular formula is C18H22N8O4. The van der Waals surface area contributed by atoms with Crippen LogP contribution >= 0.6 is 0 Å². The summed E-state index contributed by atoms with van der Waals surface area (Å²) < 4.78 is 4.50. The molecule has 3 aromatic heterocycles. The Morgan fingerprint density at radius 3 is 2.47 bits per heavy atom. The number of amides is 2. The fraction of sp³-hybridized carbons (Fsp3) is 0.333. The van der Waals surface area contributed by atoms with Gasteiger partial charge >= 0.3 is 5.97 Å². The minimum Gasteiger partial charge on any atom is -0.476 e. The van der Waals surface area contributed by atoms with Crippen LogP contribution in [0.15, 0.2) is 24.7 Å². The summed E-state index contributed by atoms with van der Waals surface area (Å²) in [5, 5.41) is 26.5. The highest BCUT2D eigenvalue weighted by molar-refractivity contribution is 6.09. The van der Waals surface area contributed by atoms with Crippen molar-refractivity contribution in [3.8, 4) is 0 Å². The molecule has 0 saturated heterocycles. The number of carbonyl (C=O) groups excluding carboxylic acids is 2. The van der Waals surface area contributed by atoms with Gasteiger partial charge in [-0.15, -0.1) is 0 Å². The fourth-order valence-electron chi connectivity index (χ4n) is 2.79. The molecule has 3 N–H and O–H groups in total. The first kappa shape index (κ1) is 20.8. The Bertz CT molecular complexity index is 1090. The molecule has 0 radical (unpaired) electrons. The molecule has 0 bridgehead atoms. The molecule has 0 fully saturated rings. The van der Waals surface area contributed by atoms with Crippen molar-refractivity contribution >= 4 is 29.2 Å². The number of hydrogen-bond donors (Lipinski definition) is 3. The maximum absolute atomic E-state index is 12.8. The van der Waals surface area contributed by atoms with Gasteiger partial charge in [0.15, 0.2) is 5.69 Å². The van der Waals surface area contributed by atoms with E-state index in [1.54, 1.807) is 17.9 Å². The van der Waals surface area contributed by atoms with Crippen LogP contribution in [0.2, 0.25) is 0 Å². The van der Waals surface area contributed by atoms with Crippen LogP contribution in [-0.4, -0.2) is 52.2 Å². The standard InChI is InChI=1S/C18H22N8O4/c1-4-26-16(17(28)22-13-9-19-24(3)11(13)2)14(10-20-26)21-15(27)6-8-25-7-5-12(23-25)18(29)30/h5,7,9-10H,4,6,8H2,1-3H3,(H,21,27)(H,22,28)(H,29,30). The minimum absolute atomic E-state index is 0.0425. The van der Waals surface area contributed by atoms with Crippen LogP contribution in [-0.2, 0) is 24.9 Å². The molecule has 0 atom stereocenters. The second-order valence-electron chi connectivity index (χ2n) is 6.51. The van der Waals surface area contributed by atoms with E-state index in [0.717, 1.165) is 5.69 Å². The molecule has 3 aromatic rings. The number of anilines is 2. The van der Waals surface area contributed by atoms with E-state index < -0.39 is 11.9 Å². The number of nitrogens with one attached hydrogen (secondary N) is 2. The zero-order chi connectivity index (χ0) is 21.8. The fourth-order valence-corrected chi connectivity index (χ4v) is 2.79. The average Bonchev–Trinajstić information content (AvgIpc) is 3.42. The maximum atomic E-state index is 12.8. The molecule has 0 saturated carbocycles. The van der Waals surface area contributed by atoms with E-state index in [1.807, 2.05) is 13.8 Å². The monoisotopic (exact) mass is 414 g/mol. The van der Waals surface area contributed by atoms with Crippen LogP contribution in [0.4, 0.5) is 11.4 Å². The molecule has 0 spiro atoms. The van der Waals surface area contributed by atoms with E-state index in [0.29, 0.717) is 12.2 Å². The average molecular weight is 414 g/mol. The Balaban J connectivity index is 1.69. The van der Waals surface area contributed by atoms with Gasteiger partial charge in [-0.25, -0.2) is 4.79 Å². The van der Waals surface area contributed by atoms with Crippen molar-refractivity contribution in [3.63, 3.8) is 0 Å². The van der Waals surface area contributed by atoms with Crippen molar-refractivity contribution in [2.75, 3.05) is 10.6 Å². The molecule has 12 nitrogen and oxygen atoms in total. The first-order valence-electron chi connectivity index (χ1n) is 9.22. The van der Waals surface area contributed by atoms with Crippen molar-refractivity contribution in [1.82, 2.24) is 29.3 Å². The number of nitrogens with zero attached hydrogens (tertiary/aromatic N) is 6. The van der Waals surface area contributed by atoms with Crippen molar-refractivity contribution in [2.45, 2.75) is 33.4 Å². The number of rotatable bonds is 8. The van der Waals surface area contributed by atoms with Crippen LogP contribution in [0, 0.1) is 6.92 Å². The predicted octanol–water partition coefficient (Wildman–Crippen LogP) is 1.12. The van der Waals surface area contributed by atoms with E-state index in [-0.39, 0.29) is 35.9 Å². The molecule has 0 unspecified atom stereocenters. The van der Waals surface area contributed by atoms with Crippen LogP contribution in [0.1, 0.15) is 40.0 Å². The second kappa shape index (κ2) is 8.59. The quantitative estimate of drug-likeness (QED) is 0.500. The van der Waals surface area contributed by atoms with Gasteiger partial charge in [0.1, 0.15) is 5.69 Å². The van der Waals surface area contributed by atoms with Crippen molar-refractivity contribution in [3.05, 3.63) is 41.7 Å². The van der Waals surface area contributed by atoms with E-state index in [9.17, 15) is 14.4 Å². The number of aromatic carboxylic acids is 1. The van der Waals surface area contributed by atoms with Gasteiger partial charge in [-0.2, -0.15) is 15.3 Å². The van der Waals surface area contributed by atoms with E-state index in [4.69, 9.17) is 5.11 Å². The number of carboxylic acid groups (broad SMARTS) is 1. The number of carboxylic acids is 1. The van der Waals surface area contributed by atoms with Crippen LogP contribution < -0.4 is 10.6 Å². The summed E-state index contributed by atoms with van der Waals surface area (Å²) in [6.07, 6.45) is 4.50. The van der Waals surface area contributed by atoms with Gasteiger partial charge in [0.2, 0.25) is 5.91 Å². The summed E-state index contributed by atoms with van der Waals surface area (Å²) in [7, 11) is 1.77. The minimum atomic E-state index is -1.13. The van der Waals surface area contributed by atoms with E-state index in [2.05, 4.69) is 25.9 Å². The molecule has 2 amide bonds. The highest BCUT2D eigenvalue weighted by Crippen LogP contribution is 2.19. The van der Waals surface area contributed by atoms with Gasteiger partial charge < -0.3 is 15.7 Å². The molecule has 3 rings (SSSR count). The molecule has 0 aromatic carbocycles. The second-order valence-corrected chi connectivity index (χ2v) is 6.51. The molecule has 0 aliphatic carbocycles. The van der Waals surface area contributed by atoms with Gasteiger partial charge in [-0.05, 0) is 19.9 Å². The number of carbonyl (C=O) groups is 3. The lowest BCUT2D eigenvalue weighted by atomic mass is 10.3. The Labute approximate surface area is 171 Å². The molecule has 3 heterocycles. The Morgan fingerprint density at radius 2 is 1.87 bits per heavy atom. The summed E-state index contributed by atoms with van der Waals surface area (Å²) in [6, 6.07) is 1.36. The highest BCUT2D eigenvalue weighted by atomic mass is 16.4. The van der Waals surface area contributed by atoms with Crippen LogP contribution in [0.25, 0.3) is 0 Å².